The fourth-order valence-electron chi connectivity index (χ4n) is 1.75. The van der Waals surface area contributed by atoms with E-state index in [1.165, 1.54) is 12.8 Å². The zero-order chi connectivity index (χ0) is 13.5. The van der Waals surface area contributed by atoms with Crippen molar-refractivity contribution in [2.75, 3.05) is 5.73 Å². The maximum atomic E-state index is 11.9. The molecule has 0 bridgehead atoms. The minimum absolute atomic E-state index is 0.0964. The first kappa shape index (κ1) is 14.8. The highest BCUT2D eigenvalue weighted by Gasteiger charge is 2.10. The van der Waals surface area contributed by atoms with Gasteiger partial charge in [-0.2, -0.15) is 0 Å². The summed E-state index contributed by atoms with van der Waals surface area (Å²) in [7, 11) is 0. The number of anilines is 1. The second kappa shape index (κ2) is 7.27. The fourth-order valence-corrected chi connectivity index (χ4v) is 1.93. The summed E-state index contributed by atoms with van der Waals surface area (Å²) < 4.78 is 0. The van der Waals surface area contributed by atoms with Gasteiger partial charge in [0.25, 0.3) is 5.91 Å². The lowest BCUT2D eigenvalue weighted by Gasteiger charge is -2.14. The Kier molecular flexibility index (Phi) is 5.99. The number of nitrogen functional groups attached to an aromatic ring is 1. The molecule has 0 saturated heterocycles. The first-order valence-corrected chi connectivity index (χ1v) is 6.78. The Bertz CT molecular complexity index is 407. The maximum absolute atomic E-state index is 11.9. The second-order valence-electron chi connectivity index (χ2n) is 4.61. The third kappa shape index (κ3) is 4.57. The zero-order valence-electron chi connectivity index (χ0n) is 11.0. The number of nitrogens with one attached hydrogen (secondary N) is 1. The van der Waals surface area contributed by atoms with Gasteiger partial charge in [-0.3, -0.25) is 4.79 Å². The molecular weight excluding hydrogens is 248 g/mol. The van der Waals surface area contributed by atoms with Crippen molar-refractivity contribution in [2.24, 2.45) is 0 Å². The molecule has 1 atom stereocenters. The number of halogens is 1. The number of amides is 1. The van der Waals surface area contributed by atoms with Crippen LogP contribution in [-0.4, -0.2) is 11.9 Å². The molecule has 100 valence electrons. The number of carbonyl (C=O) groups excluding carboxylic acids is 1. The van der Waals surface area contributed by atoms with Crippen LogP contribution in [-0.2, 0) is 0 Å². The lowest BCUT2D eigenvalue weighted by Crippen LogP contribution is -2.32. The Hall–Kier alpha value is -1.22. The summed E-state index contributed by atoms with van der Waals surface area (Å²) in [5.41, 5.74) is 6.65. The lowest BCUT2D eigenvalue weighted by molar-refractivity contribution is 0.0938. The van der Waals surface area contributed by atoms with Gasteiger partial charge < -0.3 is 11.1 Å². The van der Waals surface area contributed by atoms with Crippen molar-refractivity contribution < 1.29 is 4.79 Å². The van der Waals surface area contributed by atoms with Gasteiger partial charge >= 0.3 is 0 Å². The van der Waals surface area contributed by atoms with E-state index in [1.807, 2.05) is 6.92 Å². The molecule has 4 heteroatoms. The Labute approximate surface area is 114 Å². The Morgan fingerprint density at radius 1 is 1.44 bits per heavy atom. The van der Waals surface area contributed by atoms with Gasteiger partial charge in [0, 0.05) is 11.6 Å². The molecule has 0 aliphatic carbocycles. The van der Waals surface area contributed by atoms with Crippen molar-refractivity contribution in [1.82, 2.24) is 5.32 Å². The minimum atomic E-state index is -0.0964. The van der Waals surface area contributed by atoms with Crippen LogP contribution in [0.25, 0.3) is 0 Å². The molecule has 3 N–H and O–H groups in total. The van der Waals surface area contributed by atoms with Crippen LogP contribution in [0.2, 0.25) is 5.02 Å². The normalized spacial score (nSPS) is 12.2. The van der Waals surface area contributed by atoms with Gasteiger partial charge in [-0.05, 0) is 31.5 Å². The van der Waals surface area contributed by atoms with Crippen LogP contribution in [0, 0.1) is 0 Å². The molecule has 0 aliphatic heterocycles. The molecule has 3 nitrogen and oxygen atoms in total. The summed E-state index contributed by atoms with van der Waals surface area (Å²) in [6.45, 7) is 4.19. The summed E-state index contributed by atoms with van der Waals surface area (Å²) in [5, 5.41) is 3.38. The molecule has 0 heterocycles. The van der Waals surface area contributed by atoms with Gasteiger partial charge in [0.15, 0.2) is 0 Å². The number of nitrogens with two attached hydrogens (primary N) is 1. The molecule has 0 aromatic heterocycles. The highest BCUT2D eigenvalue weighted by atomic mass is 35.5. The topological polar surface area (TPSA) is 55.1 Å². The Balaban J connectivity index is 2.51. The van der Waals surface area contributed by atoms with E-state index < -0.39 is 0 Å². The van der Waals surface area contributed by atoms with E-state index in [4.69, 9.17) is 17.3 Å². The molecular formula is C14H21ClN2O. The number of carbonyl (C=O) groups is 1. The first-order valence-electron chi connectivity index (χ1n) is 6.40. The van der Waals surface area contributed by atoms with Crippen LogP contribution in [0.15, 0.2) is 18.2 Å². The van der Waals surface area contributed by atoms with E-state index >= 15 is 0 Å². The van der Waals surface area contributed by atoms with E-state index in [-0.39, 0.29) is 11.9 Å². The van der Waals surface area contributed by atoms with Crippen LogP contribution < -0.4 is 11.1 Å². The predicted molar refractivity (Wildman–Crippen MR) is 76.9 cm³/mol. The summed E-state index contributed by atoms with van der Waals surface area (Å²) in [4.78, 5) is 11.9. The molecule has 1 unspecified atom stereocenters. The van der Waals surface area contributed by atoms with Gasteiger partial charge in [0.1, 0.15) is 0 Å². The van der Waals surface area contributed by atoms with Crippen molar-refractivity contribution in [2.45, 2.75) is 45.6 Å². The average Bonchev–Trinajstić information content (AvgIpc) is 2.33. The van der Waals surface area contributed by atoms with E-state index in [0.717, 1.165) is 12.8 Å². The highest BCUT2D eigenvalue weighted by Crippen LogP contribution is 2.19. The van der Waals surface area contributed by atoms with Crippen LogP contribution in [0.5, 0.6) is 0 Å². The van der Waals surface area contributed by atoms with Gasteiger partial charge in [0.2, 0.25) is 0 Å². The van der Waals surface area contributed by atoms with Crippen LogP contribution >= 0.6 is 11.6 Å². The van der Waals surface area contributed by atoms with Crippen molar-refractivity contribution in [3.63, 3.8) is 0 Å². The van der Waals surface area contributed by atoms with E-state index in [2.05, 4.69) is 12.2 Å². The van der Waals surface area contributed by atoms with Gasteiger partial charge in [-0.25, -0.2) is 0 Å². The van der Waals surface area contributed by atoms with Crippen molar-refractivity contribution in [3.8, 4) is 0 Å². The van der Waals surface area contributed by atoms with Crippen molar-refractivity contribution >= 4 is 23.2 Å². The maximum Gasteiger partial charge on any atom is 0.251 e. The van der Waals surface area contributed by atoms with E-state index in [1.54, 1.807) is 18.2 Å². The highest BCUT2D eigenvalue weighted by molar-refractivity contribution is 6.33. The smallest absolute Gasteiger partial charge is 0.251 e. The molecule has 0 spiro atoms. The number of hydrogen-bond acceptors (Lipinski definition) is 2. The monoisotopic (exact) mass is 268 g/mol. The Morgan fingerprint density at radius 2 is 2.17 bits per heavy atom. The van der Waals surface area contributed by atoms with E-state index in [9.17, 15) is 4.79 Å². The fraction of sp³-hybridized carbons (Fsp3) is 0.500. The largest absolute Gasteiger partial charge is 0.398 e. The Morgan fingerprint density at radius 3 is 2.78 bits per heavy atom. The quantitative estimate of drug-likeness (QED) is 0.612. The summed E-state index contributed by atoms with van der Waals surface area (Å²) in [6.07, 6.45) is 4.53. The molecule has 1 aromatic carbocycles. The molecule has 1 amide bonds. The minimum Gasteiger partial charge on any atom is -0.398 e. The van der Waals surface area contributed by atoms with Gasteiger partial charge in [-0.1, -0.05) is 37.8 Å². The summed E-state index contributed by atoms with van der Waals surface area (Å²) in [5.74, 6) is -0.0964. The number of rotatable bonds is 6. The van der Waals surface area contributed by atoms with E-state index in [0.29, 0.717) is 16.3 Å². The second-order valence-corrected chi connectivity index (χ2v) is 5.01. The third-order valence-corrected chi connectivity index (χ3v) is 3.21. The molecule has 1 aromatic rings. The van der Waals surface area contributed by atoms with Gasteiger partial charge in [-0.15, -0.1) is 0 Å². The van der Waals surface area contributed by atoms with Crippen LogP contribution in [0.3, 0.4) is 0 Å². The third-order valence-electron chi connectivity index (χ3n) is 2.88. The van der Waals surface area contributed by atoms with Crippen LogP contribution in [0.1, 0.15) is 49.9 Å². The molecule has 0 saturated carbocycles. The van der Waals surface area contributed by atoms with Gasteiger partial charge in [0.05, 0.1) is 10.7 Å². The number of benzene rings is 1. The molecule has 1 rings (SSSR count). The molecule has 0 aliphatic rings. The van der Waals surface area contributed by atoms with Crippen molar-refractivity contribution in [1.29, 1.82) is 0 Å². The summed E-state index contributed by atoms with van der Waals surface area (Å²) in [6, 6.07) is 5.12. The van der Waals surface area contributed by atoms with Crippen LogP contribution in [0.4, 0.5) is 5.69 Å². The van der Waals surface area contributed by atoms with Crippen molar-refractivity contribution in [3.05, 3.63) is 28.8 Å². The zero-order valence-corrected chi connectivity index (χ0v) is 11.8. The number of unbranched alkanes of at least 4 members (excludes halogenated alkanes) is 2. The molecule has 0 radical (unpaired) electrons. The number of hydrogen-bond donors (Lipinski definition) is 2. The molecule has 18 heavy (non-hydrogen) atoms. The lowest BCUT2D eigenvalue weighted by atomic mass is 10.1. The SMILES string of the molecule is CCCCCC(C)NC(=O)c1ccc(N)c(Cl)c1. The first-order chi connectivity index (χ1) is 8.54. The standard InChI is InChI=1S/C14H21ClN2O/c1-3-4-5-6-10(2)17-14(18)11-7-8-13(16)12(15)9-11/h7-10H,3-6,16H2,1-2H3,(H,17,18). The molecule has 0 fully saturated rings. The average molecular weight is 269 g/mol. The summed E-state index contributed by atoms with van der Waals surface area (Å²) >= 11 is 5.89. The predicted octanol–water partition coefficient (Wildman–Crippen LogP) is 3.62.